The van der Waals surface area contributed by atoms with Crippen molar-refractivity contribution in [1.29, 1.82) is 0 Å². The van der Waals surface area contributed by atoms with Gasteiger partial charge in [0.15, 0.2) is 5.76 Å². The molecule has 1 saturated carbocycles. The van der Waals surface area contributed by atoms with E-state index in [1.807, 2.05) is 0 Å². The standard InChI is InChI=1S/C16H22N2O5/c1-2-22-15(21)16(8-3-4-9-16)18-13(19)7-10-17-14(20)12-6-5-11-23-12/h5-6,11H,2-4,7-10H2,1H3,(H,17,20)(H,18,19). The average molecular weight is 322 g/mol. The Morgan fingerprint density at radius 1 is 1.30 bits per heavy atom. The third kappa shape index (κ3) is 4.34. The highest BCUT2D eigenvalue weighted by molar-refractivity contribution is 5.92. The first-order valence-electron chi connectivity index (χ1n) is 7.87. The van der Waals surface area contributed by atoms with E-state index in [1.165, 1.54) is 6.26 Å². The molecule has 2 rings (SSSR count). The summed E-state index contributed by atoms with van der Waals surface area (Å²) in [6.45, 7) is 2.20. The summed E-state index contributed by atoms with van der Waals surface area (Å²) >= 11 is 0. The van der Waals surface area contributed by atoms with Crippen LogP contribution in [0.2, 0.25) is 0 Å². The number of amides is 2. The van der Waals surface area contributed by atoms with Crippen molar-refractivity contribution < 1.29 is 23.5 Å². The highest BCUT2D eigenvalue weighted by Crippen LogP contribution is 2.31. The Kier molecular flexibility index (Phi) is 5.78. The van der Waals surface area contributed by atoms with Gasteiger partial charge in [-0.05, 0) is 31.9 Å². The third-order valence-electron chi connectivity index (χ3n) is 3.88. The van der Waals surface area contributed by atoms with Gasteiger partial charge in [-0.2, -0.15) is 0 Å². The maximum Gasteiger partial charge on any atom is 0.331 e. The number of ether oxygens (including phenoxy) is 1. The Morgan fingerprint density at radius 3 is 2.65 bits per heavy atom. The Labute approximate surface area is 134 Å². The zero-order valence-electron chi connectivity index (χ0n) is 13.2. The second-order valence-electron chi connectivity index (χ2n) is 5.54. The molecule has 1 aliphatic rings. The highest BCUT2D eigenvalue weighted by Gasteiger charge is 2.43. The molecule has 2 amide bonds. The minimum Gasteiger partial charge on any atom is -0.464 e. The van der Waals surface area contributed by atoms with Crippen molar-refractivity contribution in [2.45, 2.75) is 44.6 Å². The minimum absolute atomic E-state index is 0.0909. The number of furan rings is 1. The summed E-state index contributed by atoms with van der Waals surface area (Å²) in [5.74, 6) is -0.821. The third-order valence-corrected chi connectivity index (χ3v) is 3.88. The predicted molar refractivity (Wildman–Crippen MR) is 81.6 cm³/mol. The van der Waals surface area contributed by atoms with E-state index < -0.39 is 5.54 Å². The van der Waals surface area contributed by atoms with E-state index in [9.17, 15) is 14.4 Å². The largest absolute Gasteiger partial charge is 0.464 e. The van der Waals surface area contributed by atoms with E-state index in [0.717, 1.165) is 12.8 Å². The predicted octanol–water partition coefficient (Wildman–Crippen LogP) is 1.39. The summed E-state index contributed by atoms with van der Waals surface area (Å²) in [6, 6.07) is 3.16. The molecule has 23 heavy (non-hydrogen) atoms. The fraction of sp³-hybridized carbons (Fsp3) is 0.562. The van der Waals surface area contributed by atoms with E-state index in [1.54, 1.807) is 19.1 Å². The lowest BCUT2D eigenvalue weighted by Crippen LogP contribution is -2.53. The zero-order valence-corrected chi connectivity index (χ0v) is 13.2. The minimum atomic E-state index is -0.905. The van der Waals surface area contributed by atoms with Crippen molar-refractivity contribution in [3.05, 3.63) is 24.2 Å². The fourth-order valence-corrected chi connectivity index (χ4v) is 2.74. The van der Waals surface area contributed by atoms with Crippen LogP contribution in [0.15, 0.2) is 22.8 Å². The Morgan fingerprint density at radius 2 is 2.04 bits per heavy atom. The molecule has 1 fully saturated rings. The molecular weight excluding hydrogens is 300 g/mol. The molecule has 0 aromatic carbocycles. The van der Waals surface area contributed by atoms with Gasteiger partial charge in [-0.1, -0.05) is 12.8 Å². The molecule has 0 unspecified atom stereocenters. The molecule has 7 heteroatoms. The van der Waals surface area contributed by atoms with Gasteiger partial charge in [-0.3, -0.25) is 9.59 Å². The molecule has 1 heterocycles. The summed E-state index contributed by atoms with van der Waals surface area (Å²) in [5.41, 5.74) is -0.905. The number of carbonyl (C=O) groups excluding carboxylic acids is 3. The molecular formula is C16H22N2O5. The van der Waals surface area contributed by atoms with Gasteiger partial charge >= 0.3 is 5.97 Å². The van der Waals surface area contributed by atoms with E-state index in [2.05, 4.69) is 10.6 Å². The van der Waals surface area contributed by atoms with Gasteiger partial charge in [0.1, 0.15) is 5.54 Å². The highest BCUT2D eigenvalue weighted by atomic mass is 16.5. The normalized spacial score (nSPS) is 15.9. The Hall–Kier alpha value is -2.31. The second kappa shape index (κ2) is 7.80. The second-order valence-corrected chi connectivity index (χ2v) is 5.54. The van der Waals surface area contributed by atoms with Gasteiger partial charge in [0, 0.05) is 13.0 Å². The summed E-state index contributed by atoms with van der Waals surface area (Å²) in [6.07, 6.45) is 4.45. The molecule has 1 aliphatic carbocycles. The number of esters is 1. The first-order chi connectivity index (χ1) is 11.1. The van der Waals surface area contributed by atoms with Crippen molar-refractivity contribution in [2.24, 2.45) is 0 Å². The van der Waals surface area contributed by atoms with Gasteiger partial charge in [0.2, 0.25) is 5.91 Å². The Bertz CT molecular complexity index is 547. The van der Waals surface area contributed by atoms with Crippen LogP contribution in [-0.4, -0.2) is 36.5 Å². The molecule has 7 nitrogen and oxygen atoms in total. The number of rotatable bonds is 7. The van der Waals surface area contributed by atoms with Crippen molar-refractivity contribution in [3.8, 4) is 0 Å². The zero-order chi connectivity index (χ0) is 16.7. The number of hydrogen-bond acceptors (Lipinski definition) is 5. The number of carbonyl (C=O) groups is 3. The SMILES string of the molecule is CCOC(=O)C1(NC(=O)CCNC(=O)c2ccco2)CCCC1. The van der Waals surface area contributed by atoms with E-state index in [4.69, 9.17) is 9.15 Å². The van der Waals surface area contributed by atoms with Crippen molar-refractivity contribution in [1.82, 2.24) is 10.6 Å². The smallest absolute Gasteiger partial charge is 0.331 e. The van der Waals surface area contributed by atoms with Gasteiger partial charge < -0.3 is 19.8 Å². The number of nitrogens with one attached hydrogen (secondary N) is 2. The first kappa shape index (κ1) is 17.1. The van der Waals surface area contributed by atoms with Crippen molar-refractivity contribution in [2.75, 3.05) is 13.2 Å². The van der Waals surface area contributed by atoms with Gasteiger partial charge in [-0.15, -0.1) is 0 Å². The lowest BCUT2D eigenvalue weighted by molar-refractivity contribution is -0.153. The van der Waals surface area contributed by atoms with Crippen LogP contribution in [0.4, 0.5) is 0 Å². The lowest BCUT2D eigenvalue weighted by Gasteiger charge is -2.27. The van der Waals surface area contributed by atoms with Gasteiger partial charge in [0.05, 0.1) is 12.9 Å². The van der Waals surface area contributed by atoms with Gasteiger partial charge in [-0.25, -0.2) is 4.79 Å². The van der Waals surface area contributed by atoms with Crippen LogP contribution in [0, 0.1) is 0 Å². The summed E-state index contributed by atoms with van der Waals surface area (Å²) in [4.78, 5) is 35.9. The monoisotopic (exact) mass is 322 g/mol. The van der Waals surface area contributed by atoms with Crippen molar-refractivity contribution >= 4 is 17.8 Å². The summed E-state index contributed by atoms with van der Waals surface area (Å²) in [7, 11) is 0. The lowest BCUT2D eigenvalue weighted by atomic mass is 9.97. The van der Waals surface area contributed by atoms with Crippen molar-refractivity contribution in [3.63, 3.8) is 0 Å². The maximum absolute atomic E-state index is 12.1. The average Bonchev–Trinajstić information content (AvgIpc) is 3.19. The molecule has 1 aromatic rings. The van der Waals surface area contributed by atoms with E-state index >= 15 is 0 Å². The van der Waals surface area contributed by atoms with Crippen LogP contribution in [0.5, 0.6) is 0 Å². The molecule has 2 N–H and O–H groups in total. The quantitative estimate of drug-likeness (QED) is 0.739. The Balaban J connectivity index is 1.80. The van der Waals surface area contributed by atoms with Crippen LogP contribution in [0.3, 0.4) is 0 Å². The first-order valence-corrected chi connectivity index (χ1v) is 7.87. The fourth-order valence-electron chi connectivity index (χ4n) is 2.74. The molecule has 0 spiro atoms. The summed E-state index contributed by atoms with van der Waals surface area (Å²) in [5, 5.41) is 5.40. The molecule has 0 radical (unpaired) electrons. The van der Waals surface area contributed by atoms with E-state index in [0.29, 0.717) is 12.8 Å². The molecule has 0 aliphatic heterocycles. The molecule has 0 bridgehead atoms. The van der Waals surface area contributed by atoms with Crippen LogP contribution in [0.1, 0.15) is 49.6 Å². The maximum atomic E-state index is 12.1. The topological polar surface area (TPSA) is 97.6 Å². The van der Waals surface area contributed by atoms with Crippen LogP contribution in [0.25, 0.3) is 0 Å². The van der Waals surface area contributed by atoms with Crippen LogP contribution in [-0.2, 0) is 14.3 Å². The number of hydrogen-bond donors (Lipinski definition) is 2. The van der Waals surface area contributed by atoms with Crippen LogP contribution >= 0.6 is 0 Å². The van der Waals surface area contributed by atoms with E-state index in [-0.39, 0.29) is 43.1 Å². The molecule has 126 valence electrons. The molecule has 0 saturated heterocycles. The molecule has 0 atom stereocenters. The summed E-state index contributed by atoms with van der Waals surface area (Å²) < 4.78 is 10.0. The van der Waals surface area contributed by atoms with Gasteiger partial charge in [0.25, 0.3) is 5.91 Å². The van der Waals surface area contributed by atoms with Crippen LogP contribution < -0.4 is 10.6 Å². The molecule has 1 aromatic heterocycles.